The van der Waals surface area contributed by atoms with E-state index >= 15 is 0 Å². The number of hydrogen-bond donors (Lipinski definition) is 1. The van der Waals surface area contributed by atoms with Crippen molar-refractivity contribution in [3.8, 4) is 0 Å². The highest BCUT2D eigenvalue weighted by Crippen LogP contribution is 2.26. The predicted molar refractivity (Wildman–Crippen MR) is 65.0 cm³/mol. The molecule has 80 valence electrons. The van der Waals surface area contributed by atoms with Gasteiger partial charge in [-0.25, -0.2) is 0 Å². The monoisotopic (exact) mass is 211 g/mol. The number of rotatable bonds is 6. The first-order chi connectivity index (χ1) is 6.79. The highest BCUT2D eigenvalue weighted by atomic mass is 32.1. The first kappa shape index (κ1) is 11.7. The zero-order valence-electron chi connectivity index (χ0n) is 9.47. The van der Waals surface area contributed by atoms with Crippen LogP contribution in [0, 0.1) is 0 Å². The number of thiophene rings is 1. The van der Waals surface area contributed by atoms with Gasteiger partial charge in [-0.05, 0) is 47.2 Å². The molecule has 0 bridgehead atoms. The molecule has 1 rings (SSSR count). The first-order valence-corrected chi connectivity index (χ1v) is 6.49. The van der Waals surface area contributed by atoms with E-state index in [1.807, 2.05) is 11.3 Å². The van der Waals surface area contributed by atoms with Gasteiger partial charge in [0.05, 0.1) is 0 Å². The van der Waals surface area contributed by atoms with Crippen LogP contribution < -0.4 is 5.32 Å². The van der Waals surface area contributed by atoms with Crippen LogP contribution in [0.1, 0.15) is 50.7 Å². The van der Waals surface area contributed by atoms with E-state index in [0.717, 1.165) is 13.1 Å². The van der Waals surface area contributed by atoms with Crippen molar-refractivity contribution in [2.45, 2.75) is 46.1 Å². The summed E-state index contributed by atoms with van der Waals surface area (Å²) in [6, 6.07) is 0. The summed E-state index contributed by atoms with van der Waals surface area (Å²) >= 11 is 1.83. The molecule has 0 aliphatic heterocycles. The largest absolute Gasteiger partial charge is 0.313 e. The molecule has 14 heavy (non-hydrogen) atoms. The Bertz CT molecular complexity index is 255. The molecule has 1 N–H and O–H groups in total. The Morgan fingerprint density at radius 1 is 1.36 bits per heavy atom. The molecule has 0 fully saturated rings. The van der Waals surface area contributed by atoms with Crippen molar-refractivity contribution in [1.29, 1.82) is 0 Å². The molecule has 1 atom stereocenters. The van der Waals surface area contributed by atoms with Crippen molar-refractivity contribution in [3.05, 3.63) is 21.9 Å². The van der Waals surface area contributed by atoms with Crippen LogP contribution in [-0.2, 0) is 6.54 Å². The minimum Gasteiger partial charge on any atom is -0.313 e. The molecule has 0 radical (unpaired) electrons. The molecule has 0 spiro atoms. The maximum Gasteiger partial charge on any atom is 0.0216 e. The Labute approximate surface area is 91.5 Å². The van der Waals surface area contributed by atoms with E-state index in [2.05, 4.69) is 36.8 Å². The number of hydrogen-bond acceptors (Lipinski definition) is 2. The Kier molecular flexibility index (Phi) is 5.20. The minimum absolute atomic E-state index is 0.708. The first-order valence-electron chi connectivity index (χ1n) is 5.55. The van der Waals surface area contributed by atoms with Crippen LogP contribution in [0.2, 0.25) is 0 Å². The second-order valence-electron chi connectivity index (χ2n) is 3.84. The molecular formula is C12H21NS. The minimum atomic E-state index is 0.708. The Hall–Kier alpha value is -0.340. The molecular weight excluding hydrogens is 190 g/mol. The average Bonchev–Trinajstić information content (AvgIpc) is 2.65. The highest BCUT2D eigenvalue weighted by molar-refractivity contribution is 7.08. The lowest BCUT2D eigenvalue weighted by molar-refractivity contribution is 0.658. The lowest BCUT2D eigenvalue weighted by atomic mass is 9.98. The van der Waals surface area contributed by atoms with Gasteiger partial charge in [-0.2, -0.15) is 11.3 Å². The molecule has 1 aromatic heterocycles. The molecule has 0 saturated carbocycles. The van der Waals surface area contributed by atoms with E-state index in [1.54, 1.807) is 5.56 Å². The van der Waals surface area contributed by atoms with Gasteiger partial charge in [0.15, 0.2) is 0 Å². The van der Waals surface area contributed by atoms with Crippen molar-refractivity contribution in [2.75, 3.05) is 6.54 Å². The number of nitrogens with one attached hydrogen (secondary N) is 1. The van der Waals surface area contributed by atoms with Crippen LogP contribution in [0.4, 0.5) is 0 Å². The average molecular weight is 211 g/mol. The van der Waals surface area contributed by atoms with E-state index in [9.17, 15) is 0 Å². The Morgan fingerprint density at radius 3 is 2.79 bits per heavy atom. The van der Waals surface area contributed by atoms with Gasteiger partial charge in [-0.1, -0.05) is 20.8 Å². The third-order valence-corrected chi connectivity index (χ3v) is 3.47. The van der Waals surface area contributed by atoms with E-state index in [0.29, 0.717) is 5.92 Å². The van der Waals surface area contributed by atoms with E-state index in [4.69, 9.17) is 0 Å². The summed E-state index contributed by atoms with van der Waals surface area (Å²) in [7, 11) is 0. The zero-order valence-corrected chi connectivity index (χ0v) is 10.3. The van der Waals surface area contributed by atoms with E-state index < -0.39 is 0 Å². The maximum absolute atomic E-state index is 3.46. The quantitative estimate of drug-likeness (QED) is 0.706. The van der Waals surface area contributed by atoms with Crippen LogP contribution >= 0.6 is 11.3 Å². The van der Waals surface area contributed by atoms with Crippen LogP contribution in [0.25, 0.3) is 0 Å². The van der Waals surface area contributed by atoms with Gasteiger partial charge in [0.25, 0.3) is 0 Å². The summed E-state index contributed by atoms with van der Waals surface area (Å²) in [6.45, 7) is 8.93. The van der Waals surface area contributed by atoms with Crippen LogP contribution in [0.3, 0.4) is 0 Å². The Morgan fingerprint density at radius 2 is 2.14 bits per heavy atom. The summed E-state index contributed by atoms with van der Waals surface area (Å²) in [5.41, 5.74) is 3.04. The third kappa shape index (κ3) is 3.10. The van der Waals surface area contributed by atoms with Gasteiger partial charge in [0.1, 0.15) is 0 Å². The van der Waals surface area contributed by atoms with Crippen LogP contribution in [0.5, 0.6) is 0 Å². The zero-order chi connectivity index (χ0) is 10.4. The molecule has 0 saturated heterocycles. The second-order valence-corrected chi connectivity index (χ2v) is 4.58. The fraction of sp³-hybridized carbons (Fsp3) is 0.667. The molecule has 0 aliphatic rings. The summed E-state index contributed by atoms with van der Waals surface area (Å²) in [5, 5.41) is 8.05. The molecule has 1 unspecified atom stereocenters. The summed E-state index contributed by atoms with van der Waals surface area (Å²) in [5.74, 6) is 0.708. The van der Waals surface area contributed by atoms with Crippen molar-refractivity contribution in [3.63, 3.8) is 0 Å². The highest BCUT2D eigenvalue weighted by Gasteiger charge is 2.09. The fourth-order valence-electron chi connectivity index (χ4n) is 1.53. The van der Waals surface area contributed by atoms with Crippen molar-refractivity contribution in [2.24, 2.45) is 0 Å². The smallest absolute Gasteiger partial charge is 0.0216 e. The third-order valence-electron chi connectivity index (χ3n) is 2.66. The van der Waals surface area contributed by atoms with Gasteiger partial charge in [0.2, 0.25) is 0 Å². The normalized spacial score (nSPS) is 13.1. The van der Waals surface area contributed by atoms with E-state index in [-0.39, 0.29) is 0 Å². The predicted octanol–water partition coefficient (Wildman–Crippen LogP) is 3.76. The summed E-state index contributed by atoms with van der Waals surface area (Å²) in [6.07, 6.45) is 2.44. The lowest BCUT2D eigenvalue weighted by Crippen LogP contribution is -2.14. The maximum atomic E-state index is 3.46. The standard InChI is InChI=1S/C12H21NS/c1-4-6-13-7-11-8-14-9-12(11)10(3)5-2/h8-10,13H,4-7H2,1-3H3. The second kappa shape index (κ2) is 6.20. The summed E-state index contributed by atoms with van der Waals surface area (Å²) in [4.78, 5) is 0. The molecule has 0 aromatic carbocycles. The lowest BCUT2D eigenvalue weighted by Gasteiger charge is -2.10. The fourth-order valence-corrected chi connectivity index (χ4v) is 2.51. The molecule has 1 aromatic rings. The molecule has 1 heterocycles. The SMILES string of the molecule is CCCNCc1cscc1C(C)CC. The van der Waals surface area contributed by atoms with Crippen molar-refractivity contribution < 1.29 is 0 Å². The van der Waals surface area contributed by atoms with Gasteiger partial charge < -0.3 is 5.32 Å². The van der Waals surface area contributed by atoms with Gasteiger partial charge in [-0.3, -0.25) is 0 Å². The molecule has 1 nitrogen and oxygen atoms in total. The molecule has 0 amide bonds. The Balaban J connectivity index is 2.53. The van der Waals surface area contributed by atoms with Crippen molar-refractivity contribution in [1.82, 2.24) is 5.32 Å². The van der Waals surface area contributed by atoms with Gasteiger partial charge in [0, 0.05) is 6.54 Å². The molecule has 0 aliphatic carbocycles. The van der Waals surface area contributed by atoms with Gasteiger partial charge >= 0.3 is 0 Å². The van der Waals surface area contributed by atoms with E-state index in [1.165, 1.54) is 18.4 Å². The van der Waals surface area contributed by atoms with Crippen LogP contribution in [-0.4, -0.2) is 6.54 Å². The van der Waals surface area contributed by atoms with Gasteiger partial charge in [-0.15, -0.1) is 0 Å². The van der Waals surface area contributed by atoms with Crippen LogP contribution in [0.15, 0.2) is 10.8 Å². The topological polar surface area (TPSA) is 12.0 Å². The summed E-state index contributed by atoms with van der Waals surface area (Å²) < 4.78 is 0. The van der Waals surface area contributed by atoms with Crippen molar-refractivity contribution >= 4 is 11.3 Å². The molecule has 2 heteroatoms.